The molecule has 0 N–H and O–H groups in total. The van der Waals surface area contributed by atoms with E-state index >= 15 is 0 Å². The minimum atomic E-state index is -0.188. The molecule has 166 valence electrons. The Morgan fingerprint density at radius 2 is 2.06 bits per heavy atom. The van der Waals surface area contributed by atoms with Gasteiger partial charge in [0.2, 0.25) is 0 Å². The number of imidazole rings is 1. The van der Waals surface area contributed by atoms with Gasteiger partial charge in [-0.25, -0.2) is 14.5 Å². The number of ether oxygens (including phenoxy) is 2. The maximum atomic E-state index is 12.8. The van der Waals surface area contributed by atoms with Gasteiger partial charge < -0.3 is 23.7 Å². The number of hydrogen-bond donors (Lipinski definition) is 0. The van der Waals surface area contributed by atoms with Gasteiger partial charge >= 0.3 is 0 Å². The summed E-state index contributed by atoms with van der Waals surface area (Å²) in [6, 6.07) is 7.25. The highest BCUT2D eigenvalue weighted by Crippen LogP contribution is 2.33. The molecule has 0 aromatic carbocycles. The second kappa shape index (κ2) is 8.56. The molecule has 10 nitrogen and oxygen atoms in total. The molecule has 1 amide bonds. The Bertz CT molecular complexity index is 1260. The third kappa shape index (κ3) is 3.67. The zero-order valence-corrected chi connectivity index (χ0v) is 18.0. The number of pyridine rings is 1. The number of methoxy groups -OCH3 is 1. The van der Waals surface area contributed by atoms with Gasteiger partial charge in [0, 0.05) is 40.0 Å². The summed E-state index contributed by atoms with van der Waals surface area (Å²) in [5.74, 6) is 1.30. The highest BCUT2D eigenvalue weighted by Gasteiger charge is 2.21. The van der Waals surface area contributed by atoms with Crippen molar-refractivity contribution in [3.8, 4) is 11.5 Å². The molecule has 5 rings (SSSR count). The van der Waals surface area contributed by atoms with Gasteiger partial charge in [0.15, 0.2) is 11.4 Å². The fraction of sp³-hybridized carbons (Fsp3) is 0.364. The average molecular weight is 436 g/mol. The van der Waals surface area contributed by atoms with Gasteiger partial charge in [-0.15, -0.1) is 0 Å². The Hall–Kier alpha value is -3.50. The monoisotopic (exact) mass is 436 g/mol. The Balaban J connectivity index is 1.52. The minimum Gasteiger partial charge on any atom is -0.454 e. The molecule has 0 atom stereocenters. The number of carbonyl (C=O) groups is 1. The van der Waals surface area contributed by atoms with Gasteiger partial charge in [0.25, 0.3) is 5.91 Å². The summed E-state index contributed by atoms with van der Waals surface area (Å²) in [7, 11) is 3.33. The highest BCUT2D eigenvalue weighted by molar-refractivity contribution is 5.93. The molecule has 4 aromatic rings. The van der Waals surface area contributed by atoms with Crippen LogP contribution in [0.5, 0.6) is 0 Å². The third-order valence-electron chi connectivity index (χ3n) is 5.55. The molecule has 1 aliphatic rings. The van der Waals surface area contributed by atoms with E-state index in [0.29, 0.717) is 49.2 Å². The number of likely N-dealkylation sites (N-methyl/N-ethyl adjacent to an activating group) is 1. The number of furan rings is 1. The van der Waals surface area contributed by atoms with Crippen LogP contribution in [0.2, 0.25) is 0 Å². The van der Waals surface area contributed by atoms with Gasteiger partial charge in [-0.3, -0.25) is 4.79 Å². The fourth-order valence-electron chi connectivity index (χ4n) is 3.78. The summed E-state index contributed by atoms with van der Waals surface area (Å²) in [5.41, 5.74) is 2.35. The molecular formula is C22H24N6O4. The van der Waals surface area contributed by atoms with Gasteiger partial charge in [-0.1, -0.05) is 0 Å². The van der Waals surface area contributed by atoms with Crippen molar-refractivity contribution in [3.63, 3.8) is 0 Å². The van der Waals surface area contributed by atoms with Crippen molar-refractivity contribution < 1.29 is 18.7 Å². The van der Waals surface area contributed by atoms with Crippen molar-refractivity contribution in [3.05, 3.63) is 42.4 Å². The third-order valence-corrected chi connectivity index (χ3v) is 5.55. The second-order valence-electron chi connectivity index (χ2n) is 7.61. The lowest BCUT2D eigenvalue weighted by molar-refractivity contribution is 0.0737. The molecule has 0 radical (unpaired) electrons. The molecule has 5 heterocycles. The maximum absolute atomic E-state index is 12.8. The molecule has 0 unspecified atom stereocenters. The van der Waals surface area contributed by atoms with Crippen molar-refractivity contribution in [1.82, 2.24) is 24.5 Å². The largest absolute Gasteiger partial charge is 0.454 e. The molecular weight excluding hydrogens is 412 g/mol. The van der Waals surface area contributed by atoms with Crippen LogP contribution in [0.1, 0.15) is 10.5 Å². The first-order chi connectivity index (χ1) is 15.7. The molecule has 1 fully saturated rings. The van der Waals surface area contributed by atoms with Crippen LogP contribution in [0, 0.1) is 0 Å². The van der Waals surface area contributed by atoms with Crippen LogP contribution < -0.4 is 4.90 Å². The topological polar surface area (TPSA) is 98.2 Å². The first-order valence-electron chi connectivity index (χ1n) is 10.5. The van der Waals surface area contributed by atoms with Crippen LogP contribution in [-0.4, -0.2) is 84.0 Å². The molecule has 4 aromatic heterocycles. The standard InChI is InChI=1S/C22H24N6O4/c1-26(7-10-30-2)22(29)16-3-4-20-24-14-17(28(20)25-16)19-13-15-18(32-19)5-6-23-21(15)27-8-11-31-12-9-27/h3-6,13-14H,7-12H2,1-2H3. The Morgan fingerprint density at radius 1 is 1.22 bits per heavy atom. The van der Waals surface area contributed by atoms with E-state index in [9.17, 15) is 4.79 Å². The van der Waals surface area contributed by atoms with Crippen LogP contribution in [0.25, 0.3) is 28.1 Å². The number of aromatic nitrogens is 4. The molecule has 0 spiro atoms. The van der Waals surface area contributed by atoms with Crippen LogP contribution in [0.4, 0.5) is 5.82 Å². The molecule has 1 aliphatic heterocycles. The second-order valence-corrected chi connectivity index (χ2v) is 7.61. The Morgan fingerprint density at radius 3 is 2.88 bits per heavy atom. The first kappa shape index (κ1) is 20.4. The van der Waals surface area contributed by atoms with E-state index in [-0.39, 0.29) is 5.91 Å². The number of fused-ring (bicyclic) bond motifs is 2. The predicted molar refractivity (Wildman–Crippen MR) is 118 cm³/mol. The summed E-state index contributed by atoms with van der Waals surface area (Å²) in [5, 5.41) is 5.46. The SMILES string of the molecule is COCCN(C)C(=O)c1ccc2ncc(-c3cc4c(N5CCOCC5)nccc4o3)n2n1. The number of rotatable bonds is 6. The molecule has 32 heavy (non-hydrogen) atoms. The normalized spacial score (nSPS) is 14.4. The average Bonchev–Trinajstić information content (AvgIpc) is 3.45. The highest BCUT2D eigenvalue weighted by atomic mass is 16.5. The number of amides is 1. The van der Waals surface area contributed by atoms with Crippen molar-refractivity contribution in [2.75, 3.05) is 58.5 Å². The van der Waals surface area contributed by atoms with Crippen molar-refractivity contribution in [1.29, 1.82) is 0 Å². The number of nitrogens with zero attached hydrogens (tertiary/aromatic N) is 6. The van der Waals surface area contributed by atoms with E-state index < -0.39 is 0 Å². The lowest BCUT2D eigenvalue weighted by Gasteiger charge is -2.28. The predicted octanol–water partition coefficient (Wildman–Crippen LogP) is 2.09. The summed E-state index contributed by atoms with van der Waals surface area (Å²) >= 11 is 0. The molecule has 1 saturated heterocycles. The summed E-state index contributed by atoms with van der Waals surface area (Å²) in [6.07, 6.45) is 3.45. The fourth-order valence-corrected chi connectivity index (χ4v) is 3.78. The Kier molecular flexibility index (Phi) is 5.46. The lowest BCUT2D eigenvalue weighted by Crippen LogP contribution is -2.36. The van der Waals surface area contributed by atoms with E-state index in [4.69, 9.17) is 13.9 Å². The minimum absolute atomic E-state index is 0.188. The quantitative estimate of drug-likeness (QED) is 0.453. The van der Waals surface area contributed by atoms with Gasteiger partial charge in [-0.05, 0) is 24.3 Å². The van der Waals surface area contributed by atoms with Crippen LogP contribution >= 0.6 is 0 Å². The summed E-state index contributed by atoms with van der Waals surface area (Å²) < 4.78 is 18.3. The Labute approximate surface area is 184 Å². The maximum Gasteiger partial charge on any atom is 0.274 e. The summed E-state index contributed by atoms with van der Waals surface area (Å²) in [6.45, 7) is 3.86. The number of morpholine rings is 1. The molecule has 10 heteroatoms. The van der Waals surface area contributed by atoms with Crippen molar-refractivity contribution in [2.24, 2.45) is 0 Å². The van der Waals surface area contributed by atoms with E-state index in [1.807, 2.05) is 12.1 Å². The molecule has 0 saturated carbocycles. The number of anilines is 1. The smallest absolute Gasteiger partial charge is 0.274 e. The summed E-state index contributed by atoms with van der Waals surface area (Å²) in [4.78, 5) is 25.5. The van der Waals surface area contributed by atoms with E-state index in [1.165, 1.54) is 0 Å². The van der Waals surface area contributed by atoms with Crippen LogP contribution in [0.15, 0.2) is 41.1 Å². The van der Waals surface area contributed by atoms with E-state index in [2.05, 4.69) is 20.0 Å². The van der Waals surface area contributed by atoms with Crippen LogP contribution in [0.3, 0.4) is 0 Å². The molecule has 0 aliphatic carbocycles. The van der Waals surface area contributed by atoms with Gasteiger partial charge in [0.05, 0.1) is 31.4 Å². The van der Waals surface area contributed by atoms with Crippen molar-refractivity contribution >= 4 is 28.3 Å². The number of hydrogen-bond acceptors (Lipinski definition) is 8. The lowest BCUT2D eigenvalue weighted by atomic mass is 10.2. The van der Waals surface area contributed by atoms with E-state index in [0.717, 1.165) is 29.9 Å². The van der Waals surface area contributed by atoms with Crippen LogP contribution in [-0.2, 0) is 9.47 Å². The first-order valence-corrected chi connectivity index (χ1v) is 10.5. The molecule has 0 bridgehead atoms. The van der Waals surface area contributed by atoms with E-state index in [1.54, 1.807) is 48.1 Å². The van der Waals surface area contributed by atoms with Crippen molar-refractivity contribution in [2.45, 2.75) is 0 Å². The number of carbonyl (C=O) groups excluding carboxylic acids is 1. The zero-order valence-electron chi connectivity index (χ0n) is 18.0. The van der Waals surface area contributed by atoms with Gasteiger partial charge in [-0.2, -0.15) is 5.10 Å². The van der Waals surface area contributed by atoms with Gasteiger partial charge in [0.1, 0.15) is 22.8 Å². The zero-order chi connectivity index (χ0) is 22.1.